The number of piperidine rings is 1. The lowest BCUT2D eigenvalue weighted by atomic mass is 9.98. The highest BCUT2D eigenvalue weighted by Gasteiger charge is 2.30. The van der Waals surface area contributed by atoms with Crippen LogP contribution in [-0.2, 0) is 4.74 Å². The van der Waals surface area contributed by atoms with Gasteiger partial charge in [-0.2, -0.15) is 0 Å². The minimum Gasteiger partial charge on any atom is -0.444 e. The first kappa shape index (κ1) is 16.9. The molecule has 24 heavy (non-hydrogen) atoms. The molecule has 2 heterocycles. The molecule has 132 valence electrons. The van der Waals surface area contributed by atoms with Gasteiger partial charge in [0.2, 0.25) is 0 Å². The van der Waals surface area contributed by atoms with Gasteiger partial charge in [-0.25, -0.2) is 4.79 Å². The Balaban J connectivity index is 1.50. The summed E-state index contributed by atoms with van der Waals surface area (Å²) in [5.74, 6) is 0.474. The second-order valence-electron chi connectivity index (χ2n) is 7.79. The number of likely N-dealkylation sites (tertiary alicyclic amines) is 1. The van der Waals surface area contributed by atoms with Crippen molar-refractivity contribution >= 4 is 6.09 Å². The molecule has 1 atom stereocenters. The van der Waals surface area contributed by atoms with Crippen molar-refractivity contribution < 1.29 is 9.53 Å². The van der Waals surface area contributed by atoms with Crippen molar-refractivity contribution in [1.82, 2.24) is 15.1 Å². The zero-order chi connectivity index (χ0) is 17.2. The van der Waals surface area contributed by atoms with Gasteiger partial charge in [-0.3, -0.25) is 0 Å². The summed E-state index contributed by atoms with van der Waals surface area (Å²) in [6.45, 7) is 8.15. The highest BCUT2D eigenvalue weighted by atomic mass is 16.6. The van der Waals surface area contributed by atoms with Gasteiger partial charge in [-0.05, 0) is 40.0 Å². The molecule has 0 aromatic heterocycles. The number of nitrogens with zero attached hydrogens (tertiary/aromatic N) is 2. The maximum atomic E-state index is 12.2. The molecule has 1 saturated heterocycles. The van der Waals surface area contributed by atoms with Gasteiger partial charge in [-0.15, -0.1) is 0 Å². The van der Waals surface area contributed by atoms with Gasteiger partial charge in [0.25, 0.3) is 0 Å². The van der Waals surface area contributed by atoms with Crippen LogP contribution in [0.3, 0.4) is 0 Å². The van der Waals surface area contributed by atoms with Crippen LogP contribution in [0.2, 0.25) is 0 Å². The minimum atomic E-state index is -0.424. The molecule has 2 aliphatic heterocycles. The van der Waals surface area contributed by atoms with E-state index in [1.165, 1.54) is 5.70 Å². The summed E-state index contributed by atoms with van der Waals surface area (Å²) in [4.78, 5) is 16.4. The minimum absolute atomic E-state index is 0.184. The summed E-state index contributed by atoms with van der Waals surface area (Å²) in [5.41, 5.74) is 0.886. The standard InChI is InChI=1S/C19H29N3O2/c1-19(2,3)24-18(23)21-11-9-16(10-12-21)22-13-17(20-14-22)15-7-5-4-6-8-15/h4-7,13,15-16,20H,8-12,14H2,1-3H3. The van der Waals surface area contributed by atoms with Crippen LogP contribution < -0.4 is 5.32 Å². The third-order valence-electron chi connectivity index (χ3n) is 4.74. The van der Waals surface area contributed by atoms with Crippen molar-refractivity contribution in [1.29, 1.82) is 0 Å². The van der Waals surface area contributed by atoms with Gasteiger partial charge >= 0.3 is 6.09 Å². The van der Waals surface area contributed by atoms with Crippen LogP contribution in [0.4, 0.5) is 4.79 Å². The Bertz CT molecular complexity index is 551. The second kappa shape index (κ2) is 6.91. The van der Waals surface area contributed by atoms with E-state index in [9.17, 15) is 4.79 Å². The number of ether oxygens (including phenoxy) is 1. The molecular formula is C19H29N3O2. The molecule has 1 unspecified atom stereocenters. The average Bonchev–Trinajstić information content (AvgIpc) is 3.04. The molecule has 1 aliphatic carbocycles. The van der Waals surface area contributed by atoms with Crippen LogP contribution in [0.25, 0.3) is 0 Å². The van der Waals surface area contributed by atoms with Crippen LogP contribution in [0.5, 0.6) is 0 Å². The van der Waals surface area contributed by atoms with E-state index in [2.05, 4.69) is 40.7 Å². The average molecular weight is 331 g/mol. The molecule has 0 saturated carbocycles. The second-order valence-corrected chi connectivity index (χ2v) is 7.79. The fourth-order valence-corrected chi connectivity index (χ4v) is 3.43. The number of carbonyl (C=O) groups is 1. The van der Waals surface area contributed by atoms with E-state index in [0.29, 0.717) is 12.0 Å². The number of nitrogens with one attached hydrogen (secondary N) is 1. The van der Waals surface area contributed by atoms with Crippen LogP contribution >= 0.6 is 0 Å². The Kier molecular flexibility index (Phi) is 4.88. The first-order valence-electron chi connectivity index (χ1n) is 8.95. The number of hydrogen-bond acceptors (Lipinski definition) is 4. The molecular weight excluding hydrogens is 302 g/mol. The van der Waals surface area contributed by atoms with Gasteiger partial charge in [0, 0.05) is 36.9 Å². The summed E-state index contributed by atoms with van der Waals surface area (Å²) in [7, 11) is 0. The first-order valence-corrected chi connectivity index (χ1v) is 8.95. The third kappa shape index (κ3) is 4.13. The number of hydrogen-bond donors (Lipinski definition) is 1. The normalized spacial score (nSPS) is 24.8. The molecule has 0 bridgehead atoms. The molecule has 3 rings (SSSR count). The Morgan fingerprint density at radius 3 is 2.62 bits per heavy atom. The summed E-state index contributed by atoms with van der Waals surface area (Å²) in [6.07, 6.45) is 13.9. The Morgan fingerprint density at radius 2 is 2.00 bits per heavy atom. The van der Waals surface area contributed by atoms with Crippen molar-refractivity contribution in [2.45, 2.75) is 51.7 Å². The van der Waals surface area contributed by atoms with Gasteiger partial charge in [-0.1, -0.05) is 24.3 Å². The van der Waals surface area contributed by atoms with E-state index < -0.39 is 5.60 Å². The lowest BCUT2D eigenvalue weighted by Crippen LogP contribution is -2.46. The van der Waals surface area contributed by atoms with Crippen molar-refractivity contribution in [2.75, 3.05) is 19.8 Å². The summed E-state index contributed by atoms with van der Waals surface area (Å²) < 4.78 is 5.47. The predicted octanol–water partition coefficient (Wildman–Crippen LogP) is 3.22. The number of carbonyl (C=O) groups excluding carboxylic acids is 1. The van der Waals surface area contributed by atoms with Gasteiger partial charge in [0.05, 0.1) is 6.67 Å². The largest absolute Gasteiger partial charge is 0.444 e. The number of amides is 1. The Labute approximate surface area is 145 Å². The van der Waals surface area contributed by atoms with E-state index in [4.69, 9.17) is 4.74 Å². The van der Waals surface area contributed by atoms with Crippen LogP contribution in [0.15, 0.2) is 36.2 Å². The van der Waals surface area contributed by atoms with Crippen molar-refractivity contribution in [3.63, 3.8) is 0 Å². The molecule has 1 N–H and O–H groups in total. The van der Waals surface area contributed by atoms with Crippen LogP contribution in [0, 0.1) is 5.92 Å². The SMILES string of the molecule is CC(C)(C)OC(=O)N1CCC(N2C=C(C3C=CC=CC3)NC2)CC1. The molecule has 3 aliphatic rings. The van der Waals surface area contributed by atoms with E-state index in [-0.39, 0.29) is 6.09 Å². The van der Waals surface area contributed by atoms with E-state index in [1.54, 1.807) is 0 Å². The molecule has 5 nitrogen and oxygen atoms in total. The maximum absolute atomic E-state index is 12.2. The van der Waals surface area contributed by atoms with Crippen molar-refractivity contribution in [3.05, 3.63) is 36.2 Å². The summed E-state index contributed by atoms with van der Waals surface area (Å²) in [5, 5.41) is 3.54. The molecule has 0 aromatic rings. The van der Waals surface area contributed by atoms with E-state index in [1.807, 2.05) is 25.7 Å². The van der Waals surface area contributed by atoms with E-state index >= 15 is 0 Å². The third-order valence-corrected chi connectivity index (χ3v) is 4.74. The summed E-state index contributed by atoms with van der Waals surface area (Å²) >= 11 is 0. The number of allylic oxidation sites excluding steroid dienone is 4. The van der Waals surface area contributed by atoms with Gasteiger partial charge < -0.3 is 19.9 Å². The van der Waals surface area contributed by atoms with Crippen LogP contribution in [-0.4, -0.2) is 47.3 Å². The smallest absolute Gasteiger partial charge is 0.410 e. The molecule has 1 fully saturated rings. The predicted molar refractivity (Wildman–Crippen MR) is 95.1 cm³/mol. The van der Waals surface area contributed by atoms with Crippen LogP contribution in [0.1, 0.15) is 40.0 Å². The molecule has 5 heteroatoms. The first-order chi connectivity index (χ1) is 11.4. The van der Waals surface area contributed by atoms with Crippen molar-refractivity contribution in [2.24, 2.45) is 5.92 Å². The fraction of sp³-hybridized carbons (Fsp3) is 0.632. The topological polar surface area (TPSA) is 44.8 Å². The zero-order valence-corrected chi connectivity index (χ0v) is 15.0. The Morgan fingerprint density at radius 1 is 1.25 bits per heavy atom. The van der Waals surface area contributed by atoms with E-state index in [0.717, 1.165) is 39.0 Å². The molecule has 0 aromatic carbocycles. The molecule has 0 radical (unpaired) electrons. The molecule has 0 spiro atoms. The lowest BCUT2D eigenvalue weighted by Gasteiger charge is -2.37. The molecule has 1 amide bonds. The fourth-order valence-electron chi connectivity index (χ4n) is 3.43. The summed E-state index contributed by atoms with van der Waals surface area (Å²) in [6, 6.07) is 0.497. The maximum Gasteiger partial charge on any atom is 0.410 e. The van der Waals surface area contributed by atoms with Gasteiger partial charge in [0.15, 0.2) is 0 Å². The van der Waals surface area contributed by atoms with Gasteiger partial charge in [0.1, 0.15) is 5.60 Å². The highest BCUT2D eigenvalue weighted by molar-refractivity contribution is 5.68. The lowest BCUT2D eigenvalue weighted by molar-refractivity contribution is 0.0168. The quantitative estimate of drug-likeness (QED) is 0.844. The highest BCUT2D eigenvalue weighted by Crippen LogP contribution is 2.26. The monoisotopic (exact) mass is 331 g/mol. The zero-order valence-electron chi connectivity index (χ0n) is 15.0. The number of rotatable bonds is 2. The van der Waals surface area contributed by atoms with Crippen molar-refractivity contribution in [3.8, 4) is 0 Å². The Hall–Kier alpha value is -1.91.